The first-order valence-electron chi connectivity index (χ1n) is 2.93. The number of hydrogen-bond acceptors (Lipinski definition) is 1. The van der Waals surface area contributed by atoms with Crippen LogP contribution in [0.1, 0.15) is 25.3 Å². The summed E-state index contributed by atoms with van der Waals surface area (Å²) in [5.74, 6) is -0.0336. The average molecular weight is 128 g/mol. The molecule has 1 nitrogen and oxygen atoms in total. The highest BCUT2D eigenvalue weighted by Crippen LogP contribution is 2.17. The molecule has 0 aliphatic rings. The van der Waals surface area contributed by atoms with Crippen LogP contribution in [-0.4, -0.2) is 0 Å². The lowest BCUT2D eigenvalue weighted by molar-refractivity contribution is 0.532. The molecule has 0 aromatic carbocycles. The van der Waals surface area contributed by atoms with Crippen molar-refractivity contribution in [2.45, 2.75) is 19.8 Å². The minimum absolute atomic E-state index is 0.212. The fraction of sp³-hybridized carbons (Fsp3) is 0.429. The third-order valence-electron chi connectivity index (χ3n) is 1.26. The third-order valence-corrected chi connectivity index (χ3v) is 1.26. The Morgan fingerprint density at radius 3 is 2.33 bits per heavy atom. The lowest BCUT2D eigenvalue weighted by Crippen LogP contribution is -1.85. The molecule has 0 bridgehead atoms. The van der Waals surface area contributed by atoms with Gasteiger partial charge in [-0.3, -0.25) is 0 Å². The molecule has 1 aromatic heterocycles. The molecule has 0 spiro atoms. The summed E-state index contributed by atoms with van der Waals surface area (Å²) in [6, 6.07) is 0. The minimum atomic E-state index is -0.245. The number of rotatable bonds is 1. The van der Waals surface area contributed by atoms with E-state index in [1.807, 2.05) is 13.8 Å². The van der Waals surface area contributed by atoms with Gasteiger partial charge >= 0.3 is 0 Å². The molecule has 1 heterocycles. The van der Waals surface area contributed by atoms with Crippen LogP contribution in [0.4, 0.5) is 4.39 Å². The first kappa shape index (κ1) is 6.33. The molecule has 0 fully saturated rings. The quantitative estimate of drug-likeness (QED) is 0.566. The van der Waals surface area contributed by atoms with Crippen LogP contribution < -0.4 is 0 Å². The van der Waals surface area contributed by atoms with E-state index in [-0.39, 0.29) is 11.7 Å². The van der Waals surface area contributed by atoms with E-state index in [0.29, 0.717) is 5.56 Å². The maximum atomic E-state index is 12.5. The summed E-state index contributed by atoms with van der Waals surface area (Å²) in [5, 5.41) is 0. The second-order valence-electron chi connectivity index (χ2n) is 2.33. The van der Waals surface area contributed by atoms with Crippen molar-refractivity contribution in [2.24, 2.45) is 0 Å². The highest BCUT2D eigenvalue weighted by molar-refractivity contribution is 5.12. The molecule has 0 atom stereocenters. The lowest BCUT2D eigenvalue weighted by atomic mass is 10.1. The predicted octanol–water partition coefficient (Wildman–Crippen LogP) is 2.54. The molecular weight excluding hydrogens is 119 g/mol. The summed E-state index contributed by atoms with van der Waals surface area (Å²) < 4.78 is 17.1. The van der Waals surface area contributed by atoms with Crippen molar-refractivity contribution in [3.63, 3.8) is 0 Å². The van der Waals surface area contributed by atoms with Crippen LogP contribution in [0.15, 0.2) is 16.9 Å². The Labute approximate surface area is 53.5 Å². The monoisotopic (exact) mass is 128 g/mol. The van der Waals surface area contributed by atoms with Gasteiger partial charge in [0.1, 0.15) is 6.26 Å². The molecule has 2 heteroatoms. The van der Waals surface area contributed by atoms with Crippen LogP contribution in [0, 0.1) is 5.82 Å². The molecule has 0 unspecified atom stereocenters. The van der Waals surface area contributed by atoms with Gasteiger partial charge < -0.3 is 4.42 Å². The van der Waals surface area contributed by atoms with Crippen LogP contribution in [0.2, 0.25) is 0 Å². The van der Waals surface area contributed by atoms with Crippen molar-refractivity contribution >= 4 is 0 Å². The van der Waals surface area contributed by atoms with Gasteiger partial charge in [0.15, 0.2) is 5.82 Å². The Balaban J connectivity index is 2.94. The van der Waals surface area contributed by atoms with Gasteiger partial charge in [-0.2, -0.15) is 0 Å². The van der Waals surface area contributed by atoms with E-state index in [9.17, 15) is 4.39 Å². The van der Waals surface area contributed by atoms with E-state index >= 15 is 0 Å². The van der Waals surface area contributed by atoms with Gasteiger partial charge in [0.05, 0.1) is 6.26 Å². The largest absolute Gasteiger partial charge is 0.469 e. The Hall–Kier alpha value is -0.790. The Bertz CT molecular complexity index is 191. The van der Waals surface area contributed by atoms with Crippen LogP contribution in [-0.2, 0) is 0 Å². The zero-order valence-electron chi connectivity index (χ0n) is 5.52. The highest BCUT2D eigenvalue weighted by Gasteiger charge is 2.06. The lowest BCUT2D eigenvalue weighted by Gasteiger charge is -1.96. The second-order valence-corrected chi connectivity index (χ2v) is 2.33. The van der Waals surface area contributed by atoms with Gasteiger partial charge in [0, 0.05) is 5.56 Å². The molecule has 0 aliphatic heterocycles. The van der Waals surface area contributed by atoms with E-state index in [0.717, 1.165) is 6.26 Å². The van der Waals surface area contributed by atoms with E-state index in [4.69, 9.17) is 0 Å². The number of hydrogen-bond donors (Lipinski definition) is 0. The first-order chi connectivity index (χ1) is 4.22. The van der Waals surface area contributed by atoms with E-state index in [1.54, 1.807) is 0 Å². The van der Waals surface area contributed by atoms with Crippen molar-refractivity contribution < 1.29 is 8.81 Å². The fourth-order valence-electron chi connectivity index (χ4n) is 0.703. The number of halogens is 1. The Morgan fingerprint density at radius 1 is 1.44 bits per heavy atom. The molecule has 50 valence electrons. The zero-order chi connectivity index (χ0) is 6.85. The van der Waals surface area contributed by atoms with Crippen molar-refractivity contribution in [2.75, 3.05) is 0 Å². The topological polar surface area (TPSA) is 13.1 Å². The predicted molar refractivity (Wildman–Crippen MR) is 32.8 cm³/mol. The molecule has 0 N–H and O–H groups in total. The number of furan rings is 1. The summed E-state index contributed by atoms with van der Waals surface area (Å²) in [7, 11) is 0. The zero-order valence-corrected chi connectivity index (χ0v) is 5.52. The molecular formula is C7H9FO. The highest BCUT2D eigenvalue weighted by atomic mass is 19.1. The first-order valence-corrected chi connectivity index (χ1v) is 2.93. The summed E-state index contributed by atoms with van der Waals surface area (Å²) in [6.07, 6.45) is 2.56. The summed E-state index contributed by atoms with van der Waals surface area (Å²) in [5.41, 5.74) is 0.648. The van der Waals surface area contributed by atoms with Gasteiger partial charge in [-0.05, 0) is 5.92 Å². The van der Waals surface area contributed by atoms with E-state index in [2.05, 4.69) is 4.42 Å². The van der Waals surface area contributed by atoms with E-state index in [1.165, 1.54) is 6.26 Å². The van der Waals surface area contributed by atoms with Crippen molar-refractivity contribution in [1.82, 2.24) is 0 Å². The molecule has 1 aromatic rings. The maximum absolute atomic E-state index is 12.5. The standard InChI is InChI=1S/C7H9FO/c1-5(2)6-3-9-4-7(6)8/h3-5H,1-2H3. The second kappa shape index (κ2) is 2.21. The average Bonchev–Trinajstić information content (AvgIpc) is 2.13. The molecule has 0 amide bonds. The third kappa shape index (κ3) is 1.12. The SMILES string of the molecule is CC(C)c1cocc1F. The van der Waals surface area contributed by atoms with Crippen LogP contribution in [0.25, 0.3) is 0 Å². The van der Waals surface area contributed by atoms with Gasteiger partial charge in [0.25, 0.3) is 0 Å². The summed E-state index contributed by atoms with van der Waals surface area (Å²) >= 11 is 0. The molecule has 0 radical (unpaired) electrons. The molecule has 9 heavy (non-hydrogen) atoms. The van der Waals surface area contributed by atoms with Gasteiger partial charge in [0.2, 0.25) is 0 Å². The smallest absolute Gasteiger partial charge is 0.164 e. The normalized spacial score (nSPS) is 10.7. The van der Waals surface area contributed by atoms with Crippen molar-refractivity contribution in [1.29, 1.82) is 0 Å². The molecule has 0 saturated carbocycles. The van der Waals surface area contributed by atoms with Crippen molar-refractivity contribution in [3.05, 3.63) is 23.9 Å². The van der Waals surface area contributed by atoms with Crippen LogP contribution in [0.5, 0.6) is 0 Å². The summed E-state index contributed by atoms with van der Waals surface area (Å²) in [6.45, 7) is 3.85. The fourth-order valence-corrected chi connectivity index (χ4v) is 0.703. The van der Waals surface area contributed by atoms with Crippen LogP contribution in [0.3, 0.4) is 0 Å². The Kier molecular flexibility index (Phi) is 1.56. The molecule has 0 aliphatic carbocycles. The maximum Gasteiger partial charge on any atom is 0.164 e. The Morgan fingerprint density at radius 2 is 2.11 bits per heavy atom. The van der Waals surface area contributed by atoms with Gasteiger partial charge in [-0.25, -0.2) is 4.39 Å². The molecule has 1 rings (SSSR count). The van der Waals surface area contributed by atoms with Gasteiger partial charge in [-0.15, -0.1) is 0 Å². The van der Waals surface area contributed by atoms with Gasteiger partial charge in [-0.1, -0.05) is 13.8 Å². The molecule has 0 saturated heterocycles. The minimum Gasteiger partial charge on any atom is -0.469 e. The van der Waals surface area contributed by atoms with E-state index < -0.39 is 0 Å². The summed E-state index contributed by atoms with van der Waals surface area (Å²) in [4.78, 5) is 0. The van der Waals surface area contributed by atoms with Crippen molar-refractivity contribution in [3.8, 4) is 0 Å². The van der Waals surface area contributed by atoms with Crippen LogP contribution >= 0.6 is 0 Å².